The molecule has 0 heterocycles. The summed E-state index contributed by atoms with van der Waals surface area (Å²) < 4.78 is 10.8. The summed E-state index contributed by atoms with van der Waals surface area (Å²) in [5.74, 6) is -0.231. The molecule has 0 fully saturated rings. The number of carbonyl (C=O) groups is 2. The zero-order valence-electron chi connectivity index (χ0n) is 20.6. The number of esters is 2. The number of hydrogen-bond donors (Lipinski definition) is 0. The minimum absolute atomic E-state index is 0.0872. The van der Waals surface area contributed by atoms with E-state index in [1.165, 1.54) is 38.5 Å². The van der Waals surface area contributed by atoms with Crippen molar-refractivity contribution in [2.45, 2.75) is 124 Å². The molecular formula is C25H49NO4. The van der Waals surface area contributed by atoms with Gasteiger partial charge < -0.3 is 14.4 Å². The molecule has 0 aliphatic carbocycles. The maximum atomic E-state index is 12.1. The van der Waals surface area contributed by atoms with Gasteiger partial charge in [0.05, 0.1) is 13.0 Å². The van der Waals surface area contributed by atoms with Crippen LogP contribution in [-0.4, -0.2) is 48.7 Å². The lowest BCUT2D eigenvalue weighted by Gasteiger charge is -2.24. The molecule has 0 unspecified atom stereocenters. The predicted molar refractivity (Wildman–Crippen MR) is 125 cm³/mol. The van der Waals surface area contributed by atoms with Gasteiger partial charge in [0.2, 0.25) is 0 Å². The Bertz CT molecular complexity index is 431. The van der Waals surface area contributed by atoms with E-state index in [9.17, 15) is 9.59 Å². The molecule has 0 saturated carbocycles. The Morgan fingerprint density at radius 2 is 1.23 bits per heavy atom. The van der Waals surface area contributed by atoms with Crippen LogP contribution in [0.4, 0.5) is 0 Å². The molecule has 0 aliphatic rings. The summed E-state index contributed by atoms with van der Waals surface area (Å²) in [6.07, 6.45) is 13.8. The monoisotopic (exact) mass is 427 g/mol. The van der Waals surface area contributed by atoms with Crippen LogP contribution < -0.4 is 0 Å². The first kappa shape index (κ1) is 28.9. The van der Waals surface area contributed by atoms with Gasteiger partial charge in [0.25, 0.3) is 0 Å². The van der Waals surface area contributed by atoms with Crippen LogP contribution in [0.25, 0.3) is 0 Å². The Balaban J connectivity index is 4.19. The van der Waals surface area contributed by atoms with Crippen molar-refractivity contribution in [3.8, 4) is 0 Å². The highest BCUT2D eigenvalue weighted by atomic mass is 16.6. The fourth-order valence-corrected chi connectivity index (χ4v) is 3.34. The molecule has 5 heteroatoms. The van der Waals surface area contributed by atoms with Gasteiger partial charge in [0.15, 0.2) is 0 Å². The van der Waals surface area contributed by atoms with E-state index in [-0.39, 0.29) is 11.9 Å². The second-order valence-corrected chi connectivity index (χ2v) is 9.33. The molecule has 0 spiro atoms. The van der Waals surface area contributed by atoms with E-state index >= 15 is 0 Å². The van der Waals surface area contributed by atoms with E-state index in [4.69, 9.17) is 9.47 Å². The van der Waals surface area contributed by atoms with E-state index in [1.54, 1.807) is 0 Å². The standard InChI is InChI=1S/C25H49NO4/c1-6-8-10-11-12-13-15-19-26(21-18-24(28)30-25(3,4)5)20-16-22-29-23(27)17-14-9-7-2/h6-22H2,1-5H3. The molecule has 0 N–H and O–H groups in total. The second kappa shape index (κ2) is 18.7. The summed E-state index contributed by atoms with van der Waals surface area (Å²) in [6.45, 7) is 13.1. The largest absolute Gasteiger partial charge is 0.466 e. The first-order chi connectivity index (χ1) is 14.3. The van der Waals surface area contributed by atoms with Crippen molar-refractivity contribution in [2.24, 2.45) is 0 Å². The molecule has 30 heavy (non-hydrogen) atoms. The molecular weight excluding hydrogens is 378 g/mol. The van der Waals surface area contributed by atoms with Crippen molar-refractivity contribution in [2.75, 3.05) is 26.2 Å². The summed E-state index contributed by atoms with van der Waals surface area (Å²) in [4.78, 5) is 26.1. The van der Waals surface area contributed by atoms with Crippen molar-refractivity contribution >= 4 is 11.9 Å². The highest BCUT2D eigenvalue weighted by Crippen LogP contribution is 2.11. The average Bonchev–Trinajstić information content (AvgIpc) is 2.66. The van der Waals surface area contributed by atoms with Gasteiger partial charge >= 0.3 is 11.9 Å². The third kappa shape index (κ3) is 20.2. The minimum Gasteiger partial charge on any atom is -0.466 e. The molecule has 0 rings (SSSR count). The zero-order valence-corrected chi connectivity index (χ0v) is 20.6. The van der Waals surface area contributed by atoms with Crippen molar-refractivity contribution in [1.82, 2.24) is 4.90 Å². The van der Waals surface area contributed by atoms with Crippen LogP contribution >= 0.6 is 0 Å². The molecule has 0 atom stereocenters. The Labute approximate surface area is 186 Å². The number of ether oxygens (including phenoxy) is 2. The van der Waals surface area contributed by atoms with Gasteiger partial charge in [-0.3, -0.25) is 9.59 Å². The zero-order chi connectivity index (χ0) is 22.7. The quantitative estimate of drug-likeness (QED) is 0.179. The summed E-state index contributed by atoms with van der Waals surface area (Å²) in [7, 11) is 0. The third-order valence-electron chi connectivity index (χ3n) is 5.00. The summed E-state index contributed by atoms with van der Waals surface area (Å²) >= 11 is 0. The topological polar surface area (TPSA) is 55.8 Å². The van der Waals surface area contributed by atoms with E-state index in [0.717, 1.165) is 45.2 Å². The third-order valence-corrected chi connectivity index (χ3v) is 5.00. The number of hydrogen-bond acceptors (Lipinski definition) is 5. The van der Waals surface area contributed by atoms with Crippen molar-refractivity contribution < 1.29 is 19.1 Å². The van der Waals surface area contributed by atoms with Crippen molar-refractivity contribution in [3.63, 3.8) is 0 Å². The van der Waals surface area contributed by atoms with Gasteiger partial charge in [-0.15, -0.1) is 0 Å². The first-order valence-corrected chi connectivity index (χ1v) is 12.4. The molecule has 0 saturated heterocycles. The van der Waals surface area contributed by atoms with Crippen LogP contribution in [0, 0.1) is 0 Å². The van der Waals surface area contributed by atoms with Crippen LogP contribution in [-0.2, 0) is 19.1 Å². The molecule has 0 radical (unpaired) electrons. The fourth-order valence-electron chi connectivity index (χ4n) is 3.34. The van der Waals surface area contributed by atoms with Gasteiger partial charge in [0, 0.05) is 19.5 Å². The molecule has 0 aromatic rings. The maximum absolute atomic E-state index is 12.1. The van der Waals surface area contributed by atoms with Crippen LogP contribution in [0.5, 0.6) is 0 Å². The van der Waals surface area contributed by atoms with Crippen LogP contribution in [0.1, 0.15) is 118 Å². The smallest absolute Gasteiger partial charge is 0.307 e. The fraction of sp³-hybridized carbons (Fsp3) is 0.920. The van der Waals surface area contributed by atoms with Gasteiger partial charge in [-0.25, -0.2) is 0 Å². The highest BCUT2D eigenvalue weighted by Gasteiger charge is 2.17. The van der Waals surface area contributed by atoms with Crippen molar-refractivity contribution in [1.29, 1.82) is 0 Å². The van der Waals surface area contributed by atoms with E-state index in [1.807, 2.05) is 20.8 Å². The molecule has 0 bridgehead atoms. The molecule has 5 nitrogen and oxygen atoms in total. The molecule has 0 aromatic heterocycles. The number of rotatable bonds is 19. The molecule has 178 valence electrons. The lowest BCUT2D eigenvalue weighted by Crippen LogP contribution is -2.31. The maximum Gasteiger partial charge on any atom is 0.307 e. The Hall–Kier alpha value is -1.10. The molecule has 0 amide bonds. The van der Waals surface area contributed by atoms with Crippen LogP contribution in [0.3, 0.4) is 0 Å². The Morgan fingerprint density at radius 3 is 1.87 bits per heavy atom. The minimum atomic E-state index is -0.438. The second-order valence-electron chi connectivity index (χ2n) is 9.33. The highest BCUT2D eigenvalue weighted by molar-refractivity contribution is 5.70. The normalized spacial score (nSPS) is 11.7. The van der Waals surface area contributed by atoms with Crippen molar-refractivity contribution in [3.05, 3.63) is 0 Å². The average molecular weight is 428 g/mol. The van der Waals surface area contributed by atoms with Crippen LogP contribution in [0.15, 0.2) is 0 Å². The number of carbonyl (C=O) groups excluding carboxylic acids is 2. The summed E-state index contributed by atoms with van der Waals surface area (Å²) in [5.41, 5.74) is -0.438. The van der Waals surface area contributed by atoms with E-state index in [2.05, 4.69) is 18.7 Å². The van der Waals surface area contributed by atoms with Gasteiger partial charge in [-0.1, -0.05) is 65.2 Å². The number of unbranched alkanes of at least 4 members (excludes halogenated alkanes) is 8. The SMILES string of the molecule is CCCCCCCCCN(CCCOC(=O)CCCCC)CCC(=O)OC(C)(C)C. The number of nitrogens with zero attached hydrogens (tertiary/aromatic N) is 1. The summed E-state index contributed by atoms with van der Waals surface area (Å²) in [5, 5.41) is 0. The van der Waals surface area contributed by atoms with E-state index in [0.29, 0.717) is 26.0 Å². The summed E-state index contributed by atoms with van der Waals surface area (Å²) in [6, 6.07) is 0. The van der Waals surface area contributed by atoms with Gasteiger partial charge in [-0.05, 0) is 46.6 Å². The molecule has 0 aromatic carbocycles. The lowest BCUT2D eigenvalue weighted by molar-refractivity contribution is -0.155. The Morgan fingerprint density at radius 1 is 0.667 bits per heavy atom. The first-order valence-electron chi connectivity index (χ1n) is 12.4. The Kier molecular flexibility index (Phi) is 18.0. The lowest BCUT2D eigenvalue weighted by atomic mass is 10.1. The predicted octanol–water partition coefficient (Wildman–Crippen LogP) is 6.28. The van der Waals surface area contributed by atoms with Crippen LogP contribution in [0.2, 0.25) is 0 Å². The molecule has 0 aliphatic heterocycles. The van der Waals surface area contributed by atoms with E-state index < -0.39 is 5.60 Å². The van der Waals surface area contributed by atoms with Gasteiger partial charge in [0.1, 0.15) is 5.60 Å². The van der Waals surface area contributed by atoms with Gasteiger partial charge in [-0.2, -0.15) is 0 Å².